The molecule has 0 unspecified atom stereocenters. The molecule has 8 heteroatoms. The lowest BCUT2D eigenvalue weighted by molar-refractivity contribution is 0.174. The highest BCUT2D eigenvalue weighted by atomic mass is 32.1. The molecule has 21 heavy (non-hydrogen) atoms. The standard InChI is InChI=1S/C13H15N5O2S/c1-16-12(20)11-9(3-5-21-11)18-10(14-15-13(16)18)7-17-4-2-8(19)6-17/h3,5,8,19H,2,4,6-7H2,1H3/t8-/m1/s1. The highest BCUT2D eigenvalue weighted by Crippen LogP contribution is 2.20. The average Bonchev–Trinajstić information content (AvgIpc) is 3.16. The van der Waals surface area contributed by atoms with Crippen LogP contribution in [-0.4, -0.2) is 48.4 Å². The highest BCUT2D eigenvalue weighted by Gasteiger charge is 2.23. The van der Waals surface area contributed by atoms with Gasteiger partial charge in [0.2, 0.25) is 5.78 Å². The fourth-order valence-corrected chi connectivity index (χ4v) is 3.76. The Hall–Kier alpha value is -1.77. The van der Waals surface area contributed by atoms with Crippen molar-refractivity contribution in [1.29, 1.82) is 0 Å². The van der Waals surface area contributed by atoms with Gasteiger partial charge < -0.3 is 5.11 Å². The molecule has 0 aromatic carbocycles. The predicted octanol–water partition coefficient (Wildman–Crippen LogP) is 0.209. The van der Waals surface area contributed by atoms with Crippen molar-refractivity contribution >= 4 is 27.3 Å². The monoisotopic (exact) mass is 305 g/mol. The molecule has 1 aliphatic rings. The summed E-state index contributed by atoms with van der Waals surface area (Å²) in [6, 6.07) is 1.93. The number of hydrogen-bond acceptors (Lipinski definition) is 6. The van der Waals surface area contributed by atoms with Crippen LogP contribution in [-0.2, 0) is 13.6 Å². The van der Waals surface area contributed by atoms with Gasteiger partial charge in [-0.2, -0.15) is 0 Å². The van der Waals surface area contributed by atoms with Crippen molar-refractivity contribution in [2.75, 3.05) is 13.1 Å². The van der Waals surface area contributed by atoms with Crippen molar-refractivity contribution in [1.82, 2.24) is 24.1 Å². The van der Waals surface area contributed by atoms with E-state index in [0.29, 0.717) is 23.6 Å². The fourth-order valence-electron chi connectivity index (χ4n) is 2.91. The third-order valence-corrected chi connectivity index (χ3v) is 4.90. The zero-order chi connectivity index (χ0) is 14.6. The molecule has 0 radical (unpaired) electrons. The molecule has 1 N–H and O–H groups in total. The van der Waals surface area contributed by atoms with Crippen LogP contribution in [0.3, 0.4) is 0 Å². The van der Waals surface area contributed by atoms with E-state index < -0.39 is 0 Å². The van der Waals surface area contributed by atoms with Crippen LogP contribution in [0.2, 0.25) is 0 Å². The number of β-amino-alcohol motifs (C(OH)–C–C–N with tert-alkyl or cyclic N) is 1. The molecular formula is C13H15N5O2S. The highest BCUT2D eigenvalue weighted by molar-refractivity contribution is 7.17. The van der Waals surface area contributed by atoms with Crippen LogP contribution in [0.1, 0.15) is 12.2 Å². The predicted molar refractivity (Wildman–Crippen MR) is 79.5 cm³/mol. The summed E-state index contributed by atoms with van der Waals surface area (Å²) < 4.78 is 4.19. The Labute approximate surface area is 124 Å². The number of nitrogens with zero attached hydrogens (tertiary/aromatic N) is 5. The molecule has 110 valence electrons. The molecule has 0 spiro atoms. The van der Waals surface area contributed by atoms with Gasteiger partial charge in [-0.15, -0.1) is 21.5 Å². The van der Waals surface area contributed by atoms with Crippen LogP contribution in [0, 0.1) is 0 Å². The summed E-state index contributed by atoms with van der Waals surface area (Å²) in [7, 11) is 1.72. The van der Waals surface area contributed by atoms with E-state index in [0.717, 1.165) is 24.3 Å². The number of fused-ring (bicyclic) bond motifs is 3. The maximum absolute atomic E-state index is 12.2. The molecule has 4 rings (SSSR count). The van der Waals surface area contributed by atoms with Gasteiger partial charge in [-0.3, -0.25) is 18.7 Å². The summed E-state index contributed by atoms with van der Waals surface area (Å²) in [5.74, 6) is 1.36. The van der Waals surface area contributed by atoms with Crippen molar-refractivity contribution < 1.29 is 5.11 Å². The Kier molecular flexibility index (Phi) is 2.84. The SMILES string of the molecule is Cn1c(=O)c2sccc2n2c(CN3CC[C@@H](O)C3)nnc12. The Bertz CT molecular complexity index is 880. The van der Waals surface area contributed by atoms with Crippen LogP contribution < -0.4 is 5.56 Å². The van der Waals surface area contributed by atoms with E-state index in [1.54, 1.807) is 7.05 Å². The van der Waals surface area contributed by atoms with Gasteiger partial charge in [-0.25, -0.2) is 0 Å². The van der Waals surface area contributed by atoms with Crippen LogP contribution in [0.15, 0.2) is 16.2 Å². The molecule has 0 bridgehead atoms. The molecule has 7 nitrogen and oxygen atoms in total. The number of likely N-dealkylation sites (tertiary alicyclic amines) is 1. The zero-order valence-corrected chi connectivity index (χ0v) is 12.4. The quantitative estimate of drug-likeness (QED) is 0.732. The number of rotatable bonds is 2. The Morgan fingerprint density at radius 1 is 1.48 bits per heavy atom. The molecule has 3 aromatic heterocycles. The molecule has 4 heterocycles. The average molecular weight is 305 g/mol. The summed E-state index contributed by atoms with van der Waals surface area (Å²) in [5.41, 5.74) is 0.820. The van der Waals surface area contributed by atoms with E-state index in [1.807, 2.05) is 15.8 Å². The van der Waals surface area contributed by atoms with Crippen LogP contribution in [0.25, 0.3) is 16.0 Å². The van der Waals surface area contributed by atoms with E-state index in [-0.39, 0.29) is 11.7 Å². The third kappa shape index (κ3) is 1.90. The van der Waals surface area contributed by atoms with Gasteiger partial charge in [0.15, 0.2) is 5.82 Å². The van der Waals surface area contributed by atoms with Gasteiger partial charge in [-0.1, -0.05) is 0 Å². The lowest BCUT2D eigenvalue weighted by Gasteiger charge is -2.13. The van der Waals surface area contributed by atoms with E-state index >= 15 is 0 Å². The van der Waals surface area contributed by atoms with Crippen LogP contribution in [0.5, 0.6) is 0 Å². The summed E-state index contributed by atoms with van der Waals surface area (Å²) in [6.45, 7) is 2.14. The minimum atomic E-state index is -0.255. The van der Waals surface area contributed by atoms with Gasteiger partial charge in [0.25, 0.3) is 5.56 Å². The van der Waals surface area contributed by atoms with Gasteiger partial charge in [0.05, 0.1) is 18.2 Å². The first-order valence-electron chi connectivity index (χ1n) is 6.86. The Morgan fingerprint density at radius 3 is 3.10 bits per heavy atom. The van der Waals surface area contributed by atoms with Crippen molar-refractivity contribution in [3.63, 3.8) is 0 Å². The lowest BCUT2D eigenvalue weighted by Crippen LogP contribution is -2.24. The number of aliphatic hydroxyl groups is 1. The van der Waals surface area contributed by atoms with Gasteiger partial charge in [0, 0.05) is 20.1 Å². The van der Waals surface area contributed by atoms with Gasteiger partial charge in [0.1, 0.15) is 4.70 Å². The number of aryl methyl sites for hydroxylation is 1. The number of aromatic nitrogens is 4. The topological polar surface area (TPSA) is 75.7 Å². The maximum Gasteiger partial charge on any atom is 0.272 e. The van der Waals surface area contributed by atoms with Gasteiger partial charge in [-0.05, 0) is 17.9 Å². The smallest absolute Gasteiger partial charge is 0.272 e. The summed E-state index contributed by atoms with van der Waals surface area (Å²) >= 11 is 1.43. The molecule has 0 amide bonds. The van der Waals surface area contributed by atoms with Crippen LogP contribution in [0.4, 0.5) is 0 Å². The minimum absolute atomic E-state index is 0.0388. The first kappa shape index (κ1) is 12.9. The van der Waals surface area contributed by atoms with Crippen molar-refractivity contribution in [2.24, 2.45) is 7.05 Å². The summed E-state index contributed by atoms with van der Waals surface area (Å²) in [6.07, 6.45) is 0.540. The molecule has 3 aromatic rings. The lowest BCUT2D eigenvalue weighted by atomic mass is 10.3. The first-order chi connectivity index (χ1) is 10.1. The minimum Gasteiger partial charge on any atom is -0.392 e. The second-order valence-corrected chi connectivity index (χ2v) is 6.34. The van der Waals surface area contributed by atoms with E-state index in [4.69, 9.17) is 0 Å². The molecule has 0 saturated carbocycles. The van der Waals surface area contributed by atoms with E-state index in [9.17, 15) is 9.90 Å². The normalized spacial score (nSPS) is 20.0. The van der Waals surface area contributed by atoms with Crippen molar-refractivity contribution in [2.45, 2.75) is 19.1 Å². The van der Waals surface area contributed by atoms with Gasteiger partial charge >= 0.3 is 0 Å². The number of aliphatic hydroxyl groups excluding tert-OH is 1. The summed E-state index contributed by atoms with van der Waals surface area (Å²) in [4.78, 5) is 14.4. The zero-order valence-electron chi connectivity index (χ0n) is 11.6. The first-order valence-corrected chi connectivity index (χ1v) is 7.74. The largest absolute Gasteiger partial charge is 0.392 e. The number of hydrogen-bond donors (Lipinski definition) is 1. The Morgan fingerprint density at radius 2 is 2.33 bits per heavy atom. The third-order valence-electron chi connectivity index (χ3n) is 4.01. The number of thiophene rings is 1. The second-order valence-electron chi connectivity index (χ2n) is 5.43. The fraction of sp³-hybridized carbons (Fsp3) is 0.462. The van der Waals surface area contributed by atoms with E-state index in [1.165, 1.54) is 15.9 Å². The van der Waals surface area contributed by atoms with Crippen molar-refractivity contribution in [3.8, 4) is 0 Å². The Balaban J connectivity index is 1.89. The van der Waals surface area contributed by atoms with Crippen LogP contribution >= 0.6 is 11.3 Å². The molecule has 1 atom stereocenters. The van der Waals surface area contributed by atoms with Crippen molar-refractivity contribution in [3.05, 3.63) is 27.6 Å². The molecule has 1 fully saturated rings. The van der Waals surface area contributed by atoms with E-state index in [2.05, 4.69) is 15.1 Å². The molecule has 1 saturated heterocycles. The second kappa shape index (κ2) is 4.62. The molecular weight excluding hydrogens is 290 g/mol. The molecule has 0 aliphatic carbocycles. The maximum atomic E-state index is 12.2. The summed E-state index contributed by atoms with van der Waals surface area (Å²) in [5, 5.41) is 20.0. The molecule has 1 aliphatic heterocycles.